The van der Waals surface area contributed by atoms with Crippen molar-refractivity contribution in [2.45, 2.75) is 6.61 Å². The van der Waals surface area contributed by atoms with Gasteiger partial charge >= 0.3 is 12.6 Å². The summed E-state index contributed by atoms with van der Waals surface area (Å²) >= 11 is 0. The van der Waals surface area contributed by atoms with E-state index in [0.29, 0.717) is 5.06 Å². The highest BCUT2D eigenvalue weighted by atomic mass is 19.3. The number of nitrogens with zero attached hydrogens (tertiary/aromatic N) is 1. The molecular formula is C18H13F2NO7. The van der Waals surface area contributed by atoms with Gasteiger partial charge in [-0.05, 0) is 24.3 Å². The van der Waals surface area contributed by atoms with Crippen molar-refractivity contribution in [3.05, 3.63) is 53.1 Å². The molecule has 8 nitrogen and oxygen atoms in total. The molecule has 0 spiro atoms. The molecule has 0 radical (unpaired) electrons. The molecule has 0 saturated heterocycles. The highest BCUT2D eigenvalue weighted by Gasteiger charge is 2.39. The van der Waals surface area contributed by atoms with Crippen molar-refractivity contribution in [1.29, 1.82) is 0 Å². The summed E-state index contributed by atoms with van der Waals surface area (Å²) in [7, 11) is 2.35. The Bertz CT molecular complexity index is 901. The van der Waals surface area contributed by atoms with Crippen LogP contribution in [0.2, 0.25) is 0 Å². The number of carbonyl (C=O) groups excluding carboxylic acids is 3. The first-order valence-corrected chi connectivity index (χ1v) is 7.78. The minimum Gasteiger partial charge on any atom is -0.493 e. The van der Waals surface area contributed by atoms with E-state index in [2.05, 4.69) is 4.74 Å². The average molecular weight is 393 g/mol. The van der Waals surface area contributed by atoms with E-state index in [4.69, 9.17) is 14.3 Å². The molecule has 1 aliphatic heterocycles. The summed E-state index contributed by atoms with van der Waals surface area (Å²) in [5.41, 5.74) is -0.0286. The van der Waals surface area contributed by atoms with Gasteiger partial charge in [-0.3, -0.25) is 9.59 Å². The van der Waals surface area contributed by atoms with Gasteiger partial charge in [-0.2, -0.15) is 8.78 Å². The molecule has 2 aromatic rings. The molecule has 0 atom stereocenters. The zero-order valence-electron chi connectivity index (χ0n) is 14.6. The SMILES string of the molecule is COc1cc(C(=O)ON2C(=O)c3ccccc3C2=O)cc(OC)c1OC(F)F. The molecule has 0 N–H and O–H groups in total. The molecule has 3 rings (SSSR count). The van der Waals surface area contributed by atoms with Gasteiger partial charge in [0.1, 0.15) is 0 Å². The Hall–Kier alpha value is -3.69. The number of alkyl halides is 2. The van der Waals surface area contributed by atoms with Gasteiger partial charge in [-0.15, -0.1) is 0 Å². The number of amides is 2. The molecule has 1 aliphatic rings. The summed E-state index contributed by atoms with van der Waals surface area (Å²) in [4.78, 5) is 41.9. The van der Waals surface area contributed by atoms with Gasteiger partial charge in [-0.25, -0.2) is 4.79 Å². The number of methoxy groups -OCH3 is 2. The van der Waals surface area contributed by atoms with Crippen molar-refractivity contribution in [3.8, 4) is 17.2 Å². The summed E-state index contributed by atoms with van der Waals surface area (Å²) in [5.74, 6) is -3.58. The van der Waals surface area contributed by atoms with Crippen LogP contribution < -0.4 is 14.2 Å². The summed E-state index contributed by atoms with van der Waals surface area (Å²) in [6, 6.07) is 8.08. The molecule has 10 heteroatoms. The first kappa shape index (κ1) is 19.1. The Kier molecular flexibility index (Phi) is 5.12. The largest absolute Gasteiger partial charge is 0.493 e. The van der Waals surface area contributed by atoms with Gasteiger partial charge in [0.15, 0.2) is 11.5 Å². The first-order chi connectivity index (χ1) is 13.4. The highest BCUT2D eigenvalue weighted by molar-refractivity contribution is 6.21. The van der Waals surface area contributed by atoms with Gasteiger partial charge in [-0.1, -0.05) is 17.2 Å². The Morgan fingerprint density at radius 3 is 1.89 bits per heavy atom. The summed E-state index contributed by atoms with van der Waals surface area (Å²) < 4.78 is 39.4. The van der Waals surface area contributed by atoms with Crippen molar-refractivity contribution in [2.24, 2.45) is 0 Å². The lowest BCUT2D eigenvalue weighted by Gasteiger charge is -2.16. The zero-order chi connectivity index (χ0) is 20.4. The summed E-state index contributed by atoms with van der Waals surface area (Å²) in [6.07, 6.45) is 0. The Labute approximate surface area is 157 Å². The van der Waals surface area contributed by atoms with Gasteiger partial charge in [0.25, 0.3) is 11.8 Å². The van der Waals surface area contributed by atoms with Crippen LogP contribution in [-0.4, -0.2) is 43.7 Å². The molecule has 2 amide bonds. The third-order valence-corrected chi connectivity index (χ3v) is 3.83. The van der Waals surface area contributed by atoms with Crippen LogP contribution in [0.25, 0.3) is 0 Å². The minimum absolute atomic E-state index is 0.0937. The van der Waals surface area contributed by atoms with Crippen LogP contribution >= 0.6 is 0 Å². The van der Waals surface area contributed by atoms with E-state index < -0.39 is 30.1 Å². The number of imide groups is 1. The third kappa shape index (κ3) is 3.31. The van der Waals surface area contributed by atoms with E-state index in [9.17, 15) is 23.2 Å². The molecule has 0 bridgehead atoms. The van der Waals surface area contributed by atoms with Crippen molar-refractivity contribution in [3.63, 3.8) is 0 Å². The number of hydrogen-bond donors (Lipinski definition) is 0. The normalized spacial score (nSPS) is 12.8. The molecule has 0 aliphatic carbocycles. The second kappa shape index (κ2) is 7.51. The first-order valence-electron chi connectivity index (χ1n) is 7.78. The van der Waals surface area contributed by atoms with Gasteiger partial charge in [0.05, 0.1) is 30.9 Å². The molecular weight excluding hydrogens is 380 g/mol. The number of carbonyl (C=O) groups is 3. The van der Waals surface area contributed by atoms with Crippen molar-refractivity contribution < 1.29 is 42.2 Å². The second-order valence-corrected chi connectivity index (χ2v) is 5.42. The number of hydroxylamine groups is 2. The molecule has 2 aromatic carbocycles. The lowest BCUT2D eigenvalue weighted by atomic mass is 10.1. The standard InChI is InChI=1S/C18H13F2NO7/c1-25-12-7-9(8-13(26-2)14(12)27-18(19)20)17(24)28-21-15(22)10-5-3-4-6-11(10)16(21)23/h3-8,18H,1-2H3. The van der Waals surface area contributed by atoms with Crippen LogP contribution in [0.4, 0.5) is 8.78 Å². The van der Waals surface area contributed by atoms with E-state index in [1.54, 1.807) is 12.1 Å². The number of halogens is 2. The topological polar surface area (TPSA) is 91.4 Å². The van der Waals surface area contributed by atoms with E-state index in [-0.39, 0.29) is 28.2 Å². The molecule has 28 heavy (non-hydrogen) atoms. The number of ether oxygens (including phenoxy) is 3. The predicted molar refractivity (Wildman–Crippen MR) is 88.5 cm³/mol. The minimum atomic E-state index is -3.15. The zero-order valence-corrected chi connectivity index (χ0v) is 14.6. The number of fused-ring (bicyclic) bond motifs is 1. The lowest BCUT2D eigenvalue weighted by molar-refractivity contribution is -0.0587. The van der Waals surface area contributed by atoms with Crippen LogP contribution in [0.5, 0.6) is 17.2 Å². The van der Waals surface area contributed by atoms with Crippen molar-refractivity contribution in [1.82, 2.24) is 5.06 Å². The predicted octanol–water partition coefficient (Wildman–Crippen LogP) is 2.67. The maximum absolute atomic E-state index is 12.6. The number of hydrogen-bond acceptors (Lipinski definition) is 7. The Balaban J connectivity index is 1.89. The van der Waals surface area contributed by atoms with Crippen molar-refractivity contribution in [2.75, 3.05) is 14.2 Å². The van der Waals surface area contributed by atoms with E-state index in [1.807, 2.05) is 0 Å². The fraction of sp³-hybridized carbons (Fsp3) is 0.167. The van der Waals surface area contributed by atoms with E-state index in [0.717, 1.165) is 12.1 Å². The molecule has 0 fully saturated rings. The number of benzene rings is 2. The van der Waals surface area contributed by atoms with Gasteiger partial charge < -0.3 is 19.0 Å². The van der Waals surface area contributed by atoms with Crippen LogP contribution in [0.3, 0.4) is 0 Å². The molecule has 0 unspecified atom stereocenters. The van der Waals surface area contributed by atoms with Gasteiger partial charge in [0, 0.05) is 0 Å². The maximum atomic E-state index is 12.6. The Morgan fingerprint density at radius 1 is 0.964 bits per heavy atom. The fourth-order valence-electron chi connectivity index (χ4n) is 2.59. The summed E-state index contributed by atoms with van der Waals surface area (Å²) in [6.45, 7) is -3.15. The van der Waals surface area contributed by atoms with Gasteiger partial charge in [0.2, 0.25) is 5.75 Å². The smallest absolute Gasteiger partial charge is 0.387 e. The van der Waals surface area contributed by atoms with E-state index >= 15 is 0 Å². The monoisotopic (exact) mass is 393 g/mol. The molecule has 0 aromatic heterocycles. The quantitative estimate of drug-likeness (QED) is 0.697. The number of rotatable bonds is 6. The van der Waals surface area contributed by atoms with E-state index in [1.165, 1.54) is 26.4 Å². The molecule has 0 saturated carbocycles. The van der Waals surface area contributed by atoms with Crippen LogP contribution in [0, 0.1) is 0 Å². The van der Waals surface area contributed by atoms with Crippen LogP contribution in [0.1, 0.15) is 31.1 Å². The lowest BCUT2D eigenvalue weighted by Crippen LogP contribution is -2.32. The van der Waals surface area contributed by atoms with Crippen molar-refractivity contribution >= 4 is 17.8 Å². The third-order valence-electron chi connectivity index (χ3n) is 3.83. The van der Waals surface area contributed by atoms with Crippen LogP contribution in [-0.2, 0) is 4.84 Å². The Morgan fingerprint density at radius 2 is 1.46 bits per heavy atom. The highest BCUT2D eigenvalue weighted by Crippen LogP contribution is 2.40. The fourth-order valence-corrected chi connectivity index (χ4v) is 2.59. The van der Waals surface area contributed by atoms with Crippen LogP contribution in [0.15, 0.2) is 36.4 Å². The summed E-state index contributed by atoms with van der Waals surface area (Å²) in [5, 5.41) is 0.329. The average Bonchev–Trinajstić information content (AvgIpc) is 2.92. The molecule has 146 valence electrons. The second-order valence-electron chi connectivity index (χ2n) is 5.42. The maximum Gasteiger partial charge on any atom is 0.387 e. The molecule has 1 heterocycles.